The van der Waals surface area contributed by atoms with E-state index in [-0.39, 0.29) is 29.1 Å². The maximum Gasteiger partial charge on any atom is 0.264 e. The van der Waals surface area contributed by atoms with Crippen LogP contribution in [0.2, 0.25) is 10.0 Å². The maximum absolute atomic E-state index is 14.2. The minimum absolute atomic E-state index is 0.0171. The van der Waals surface area contributed by atoms with Gasteiger partial charge in [0.05, 0.1) is 27.7 Å². The standard InChI is InChI=1S/C31H37Cl2N3O5S/c1-6-22(4)34-31(38)29(7-2)35(19-23-10-17-27(32)28(33)18-23)30(37)20-36(24-11-13-25(41-5)14-12-24)42(39,40)26-15-8-21(3)9-16-26/h8-18,22,29H,6-7,19-20H2,1-5H3,(H,34,38)/t22-,29+/m0/s1. The lowest BCUT2D eigenvalue weighted by molar-refractivity contribution is -0.140. The SMILES string of the molecule is CC[C@H](C(=O)N[C@@H](C)CC)N(Cc1ccc(Cl)c(Cl)c1)C(=O)CN(c1ccc(OC)cc1)S(=O)(=O)c1ccc(C)cc1. The molecule has 0 saturated heterocycles. The molecule has 2 atom stereocenters. The highest BCUT2D eigenvalue weighted by molar-refractivity contribution is 7.92. The zero-order valence-electron chi connectivity index (χ0n) is 24.4. The summed E-state index contributed by atoms with van der Waals surface area (Å²) >= 11 is 12.4. The van der Waals surface area contributed by atoms with Crippen LogP contribution in [-0.4, -0.2) is 50.9 Å². The molecule has 0 aromatic heterocycles. The smallest absolute Gasteiger partial charge is 0.264 e. The second kappa shape index (κ2) is 14.8. The normalized spacial score (nSPS) is 12.7. The van der Waals surface area contributed by atoms with Gasteiger partial charge in [-0.1, -0.05) is 60.8 Å². The number of methoxy groups -OCH3 is 1. The molecule has 3 rings (SSSR count). The molecule has 0 saturated carbocycles. The quantitative estimate of drug-likeness (QED) is 0.241. The average molecular weight is 635 g/mol. The molecule has 226 valence electrons. The highest BCUT2D eigenvalue weighted by Gasteiger charge is 2.34. The molecule has 8 nitrogen and oxygen atoms in total. The number of amides is 2. The number of carbonyl (C=O) groups is 2. The fraction of sp³-hybridized carbons (Fsp3) is 0.355. The Kier molecular flexibility index (Phi) is 11.7. The third-order valence-electron chi connectivity index (χ3n) is 6.97. The average Bonchev–Trinajstić information content (AvgIpc) is 2.97. The molecule has 0 bridgehead atoms. The molecule has 42 heavy (non-hydrogen) atoms. The first-order valence-electron chi connectivity index (χ1n) is 13.7. The van der Waals surface area contributed by atoms with E-state index in [9.17, 15) is 18.0 Å². The third kappa shape index (κ3) is 8.18. The summed E-state index contributed by atoms with van der Waals surface area (Å²) in [5.41, 5.74) is 1.81. The van der Waals surface area contributed by atoms with Crippen molar-refractivity contribution in [2.24, 2.45) is 0 Å². The lowest BCUT2D eigenvalue weighted by Crippen LogP contribution is -2.53. The van der Waals surface area contributed by atoms with Gasteiger partial charge in [0.25, 0.3) is 10.0 Å². The van der Waals surface area contributed by atoms with Crippen molar-refractivity contribution in [3.05, 3.63) is 87.9 Å². The van der Waals surface area contributed by atoms with Crippen LogP contribution in [0.5, 0.6) is 5.75 Å². The molecule has 0 spiro atoms. The van der Waals surface area contributed by atoms with Gasteiger partial charge in [-0.25, -0.2) is 8.42 Å². The van der Waals surface area contributed by atoms with E-state index in [0.717, 1.165) is 9.87 Å². The Balaban J connectivity index is 2.08. The van der Waals surface area contributed by atoms with Gasteiger partial charge in [-0.15, -0.1) is 0 Å². The number of aryl methyl sites for hydroxylation is 1. The Hall–Kier alpha value is -3.27. The van der Waals surface area contributed by atoms with Crippen LogP contribution in [-0.2, 0) is 26.2 Å². The largest absolute Gasteiger partial charge is 0.497 e. The van der Waals surface area contributed by atoms with Crippen molar-refractivity contribution in [2.45, 2.75) is 64.1 Å². The zero-order valence-corrected chi connectivity index (χ0v) is 26.8. The van der Waals surface area contributed by atoms with E-state index in [4.69, 9.17) is 27.9 Å². The number of hydrogen-bond acceptors (Lipinski definition) is 5. The minimum atomic E-state index is -4.17. The van der Waals surface area contributed by atoms with Crippen LogP contribution in [0.15, 0.2) is 71.6 Å². The maximum atomic E-state index is 14.2. The Morgan fingerprint density at radius 2 is 1.57 bits per heavy atom. The fourth-order valence-electron chi connectivity index (χ4n) is 4.31. The van der Waals surface area contributed by atoms with Crippen molar-refractivity contribution in [3.63, 3.8) is 0 Å². The van der Waals surface area contributed by atoms with E-state index in [0.29, 0.717) is 34.2 Å². The van der Waals surface area contributed by atoms with Gasteiger partial charge in [0.2, 0.25) is 11.8 Å². The summed E-state index contributed by atoms with van der Waals surface area (Å²) in [5.74, 6) is -0.344. The first-order chi connectivity index (χ1) is 19.9. The topological polar surface area (TPSA) is 96.0 Å². The molecule has 2 amide bonds. The number of carbonyl (C=O) groups excluding carboxylic acids is 2. The molecule has 1 N–H and O–H groups in total. The van der Waals surface area contributed by atoms with Crippen LogP contribution in [0.3, 0.4) is 0 Å². The van der Waals surface area contributed by atoms with E-state index < -0.39 is 28.5 Å². The molecule has 0 radical (unpaired) electrons. The summed E-state index contributed by atoms with van der Waals surface area (Å²) in [6.45, 7) is 6.97. The second-order valence-corrected chi connectivity index (χ2v) is 12.7. The number of benzene rings is 3. The Morgan fingerprint density at radius 3 is 2.12 bits per heavy atom. The van der Waals surface area contributed by atoms with Crippen LogP contribution < -0.4 is 14.4 Å². The van der Waals surface area contributed by atoms with E-state index >= 15 is 0 Å². The minimum Gasteiger partial charge on any atom is -0.497 e. The van der Waals surface area contributed by atoms with Gasteiger partial charge >= 0.3 is 0 Å². The van der Waals surface area contributed by atoms with Crippen LogP contribution in [0.25, 0.3) is 0 Å². The molecule has 3 aromatic rings. The van der Waals surface area contributed by atoms with Crippen LogP contribution in [0.1, 0.15) is 44.7 Å². The summed E-state index contributed by atoms with van der Waals surface area (Å²) in [5, 5.41) is 3.62. The van der Waals surface area contributed by atoms with E-state index in [2.05, 4.69) is 5.32 Å². The lowest BCUT2D eigenvalue weighted by Gasteiger charge is -2.33. The third-order valence-corrected chi connectivity index (χ3v) is 9.50. The predicted octanol–water partition coefficient (Wildman–Crippen LogP) is 6.23. The highest BCUT2D eigenvalue weighted by atomic mass is 35.5. The highest BCUT2D eigenvalue weighted by Crippen LogP contribution is 2.28. The fourth-order valence-corrected chi connectivity index (χ4v) is 6.04. The molecule has 0 heterocycles. The molecular formula is C31H37Cl2N3O5S. The molecule has 11 heteroatoms. The summed E-state index contributed by atoms with van der Waals surface area (Å²) in [4.78, 5) is 29.0. The molecule has 0 fully saturated rings. The van der Waals surface area contributed by atoms with E-state index in [1.807, 2.05) is 20.8 Å². The Labute approximate surface area is 258 Å². The van der Waals surface area contributed by atoms with Crippen molar-refractivity contribution in [1.82, 2.24) is 10.2 Å². The van der Waals surface area contributed by atoms with Crippen molar-refractivity contribution < 1.29 is 22.7 Å². The van der Waals surface area contributed by atoms with Gasteiger partial charge in [-0.05, 0) is 80.8 Å². The molecular weight excluding hydrogens is 597 g/mol. The van der Waals surface area contributed by atoms with Crippen LogP contribution in [0.4, 0.5) is 5.69 Å². The number of ether oxygens (including phenoxy) is 1. The van der Waals surface area contributed by atoms with E-state index in [1.165, 1.54) is 24.1 Å². The monoisotopic (exact) mass is 633 g/mol. The summed E-state index contributed by atoms with van der Waals surface area (Å²) in [6, 6.07) is 16.8. The van der Waals surface area contributed by atoms with Gasteiger partial charge < -0.3 is 15.0 Å². The number of rotatable bonds is 13. The second-order valence-electron chi connectivity index (χ2n) is 10.0. The first-order valence-corrected chi connectivity index (χ1v) is 15.9. The van der Waals surface area contributed by atoms with Crippen molar-refractivity contribution >= 4 is 50.7 Å². The van der Waals surface area contributed by atoms with Gasteiger partial charge in [0.15, 0.2) is 0 Å². The lowest BCUT2D eigenvalue weighted by atomic mass is 10.1. The number of halogens is 2. The number of anilines is 1. The molecule has 0 aliphatic carbocycles. The van der Waals surface area contributed by atoms with Crippen molar-refractivity contribution in [3.8, 4) is 5.75 Å². The van der Waals surface area contributed by atoms with Gasteiger partial charge in [0, 0.05) is 12.6 Å². The van der Waals surface area contributed by atoms with Crippen LogP contribution >= 0.6 is 23.2 Å². The zero-order chi connectivity index (χ0) is 31.0. The molecule has 0 unspecified atom stereocenters. The first kappa shape index (κ1) is 33.2. The Morgan fingerprint density at radius 1 is 0.929 bits per heavy atom. The summed E-state index contributed by atoms with van der Waals surface area (Å²) in [7, 11) is -2.66. The van der Waals surface area contributed by atoms with Crippen molar-refractivity contribution in [1.29, 1.82) is 0 Å². The Bertz CT molecular complexity index is 1480. The number of hydrogen-bond donors (Lipinski definition) is 1. The molecule has 0 aliphatic heterocycles. The number of sulfonamides is 1. The van der Waals surface area contributed by atoms with Gasteiger partial charge in [-0.3, -0.25) is 13.9 Å². The van der Waals surface area contributed by atoms with Gasteiger partial charge in [0.1, 0.15) is 18.3 Å². The van der Waals surface area contributed by atoms with Crippen molar-refractivity contribution in [2.75, 3.05) is 18.0 Å². The number of nitrogens with one attached hydrogen (secondary N) is 1. The summed E-state index contributed by atoms with van der Waals surface area (Å²) < 4.78 is 34.2. The molecule has 3 aromatic carbocycles. The predicted molar refractivity (Wildman–Crippen MR) is 168 cm³/mol. The molecule has 0 aliphatic rings. The van der Waals surface area contributed by atoms with Crippen LogP contribution in [0, 0.1) is 6.92 Å². The number of nitrogens with zero attached hydrogens (tertiary/aromatic N) is 2. The van der Waals surface area contributed by atoms with Gasteiger partial charge in [-0.2, -0.15) is 0 Å². The van der Waals surface area contributed by atoms with E-state index in [1.54, 1.807) is 61.5 Å². The summed E-state index contributed by atoms with van der Waals surface area (Å²) in [6.07, 6.45) is 1.02.